The van der Waals surface area contributed by atoms with Crippen LogP contribution in [0.2, 0.25) is 0 Å². The van der Waals surface area contributed by atoms with Crippen LogP contribution in [-0.2, 0) is 11.8 Å². The second kappa shape index (κ2) is 9.61. The van der Waals surface area contributed by atoms with Crippen molar-refractivity contribution < 1.29 is 18.7 Å². The Bertz CT molecular complexity index is 1450. The van der Waals surface area contributed by atoms with Gasteiger partial charge in [-0.3, -0.25) is 14.3 Å². The number of nitrogens with zero attached hydrogens (tertiary/aromatic N) is 4. The summed E-state index contributed by atoms with van der Waals surface area (Å²) in [5.74, 6) is -0.296. The minimum absolute atomic E-state index is 0.00900. The van der Waals surface area contributed by atoms with E-state index in [1.54, 1.807) is 54.6 Å². The fourth-order valence-electron chi connectivity index (χ4n) is 4.15. The molecule has 1 fully saturated rings. The molecule has 0 bridgehead atoms. The third-order valence-corrected chi connectivity index (χ3v) is 5.98. The van der Waals surface area contributed by atoms with E-state index in [1.807, 2.05) is 0 Å². The van der Waals surface area contributed by atoms with Crippen LogP contribution in [0.25, 0.3) is 10.9 Å². The molecule has 1 aliphatic rings. The fourth-order valence-corrected chi connectivity index (χ4v) is 4.15. The van der Waals surface area contributed by atoms with Crippen molar-refractivity contribution in [1.29, 1.82) is 0 Å². The number of fused-ring (bicyclic) bond motifs is 1. The first-order valence-electron chi connectivity index (χ1n) is 11.3. The van der Waals surface area contributed by atoms with Gasteiger partial charge < -0.3 is 20.7 Å². The smallest absolute Gasteiger partial charge is 0.270 e. The summed E-state index contributed by atoms with van der Waals surface area (Å²) in [6.07, 6.45) is 5.41. The molecular formula is C25H24FN7O3. The zero-order chi connectivity index (χ0) is 25.2. The molecule has 0 saturated carbocycles. The Labute approximate surface area is 205 Å². The van der Waals surface area contributed by atoms with E-state index in [-0.39, 0.29) is 23.4 Å². The molecule has 5 rings (SSSR count). The lowest BCUT2D eigenvalue weighted by atomic mass is 10.0. The summed E-state index contributed by atoms with van der Waals surface area (Å²) < 4.78 is 21.1. The Morgan fingerprint density at radius 2 is 2.08 bits per heavy atom. The van der Waals surface area contributed by atoms with E-state index in [1.165, 1.54) is 19.2 Å². The molecule has 11 heteroatoms. The van der Waals surface area contributed by atoms with Gasteiger partial charge in [-0.25, -0.2) is 14.4 Å². The molecule has 4 heterocycles. The quantitative estimate of drug-likeness (QED) is 0.364. The van der Waals surface area contributed by atoms with Gasteiger partial charge in [0, 0.05) is 49.4 Å². The average Bonchev–Trinajstić information content (AvgIpc) is 3.49. The zero-order valence-electron chi connectivity index (χ0n) is 19.7. The van der Waals surface area contributed by atoms with Crippen molar-refractivity contribution in [2.75, 3.05) is 19.0 Å². The van der Waals surface area contributed by atoms with Crippen molar-refractivity contribution in [3.05, 3.63) is 77.6 Å². The van der Waals surface area contributed by atoms with Crippen molar-refractivity contribution in [1.82, 2.24) is 30.4 Å². The predicted octanol–water partition coefficient (Wildman–Crippen LogP) is 2.33. The monoisotopic (exact) mass is 489 g/mol. The standard InChI is InChI=1S/C25H24FN7O3/c1-33-13-16(11-29-33)24(14-4-6-21(36-2)18(26)7-14)32-25(35)19-5-3-15-10-27-22(9-20(15)31-19)30-17-8-23(34)28-12-17/h3-7,9-11,13,17,24H,8,12H2,1-2H3,(H,27,30)(H,28,34)(H,32,35). The number of ether oxygens (including phenoxy) is 1. The van der Waals surface area contributed by atoms with E-state index < -0.39 is 17.8 Å². The molecule has 0 radical (unpaired) electrons. The lowest BCUT2D eigenvalue weighted by molar-refractivity contribution is -0.119. The number of anilines is 1. The van der Waals surface area contributed by atoms with E-state index in [2.05, 4.69) is 31.0 Å². The highest BCUT2D eigenvalue weighted by molar-refractivity contribution is 5.95. The van der Waals surface area contributed by atoms with Gasteiger partial charge in [-0.1, -0.05) is 6.07 Å². The maximum absolute atomic E-state index is 14.5. The van der Waals surface area contributed by atoms with Crippen molar-refractivity contribution in [3.63, 3.8) is 0 Å². The van der Waals surface area contributed by atoms with Crippen LogP contribution in [0.3, 0.4) is 0 Å². The number of rotatable bonds is 7. The lowest BCUT2D eigenvalue weighted by Gasteiger charge is -2.19. The Balaban J connectivity index is 1.41. The summed E-state index contributed by atoms with van der Waals surface area (Å²) in [6, 6.07) is 8.94. The zero-order valence-corrected chi connectivity index (χ0v) is 19.7. The summed E-state index contributed by atoms with van der Waals surface area (Å²) in [5.41, 5.74) is 1.99. The van der Waals surface area contributed by atoms with Gasteiger partial charge in [-0.15, -0.1) is 0 Å². The third kappa shape index (κ3) is 4.81. The number of aromatic nitrogens is 4. The number of aryl methyl sites for hydroxylation is 1. The summed E-state index contributed by atoms with van der Waals surface area (Å²) in [6.45, 7) is 0.524. The van der Waals surface area contributed by atoms with E-state index in [0.29, 0.717) is 35.4 Å². The van der Waals surface area contributed by atoms with Crippen LogP contribution >= 0.6 is 0 Å². The summed E-state index contributed by atoms with van der Waals surface area (Å²) in [5, 5.41) is 13.9. The Morgan fingerprint density at radius 3 is 2.78 bits per heavy atom. The van der Waals surface area contributed by atoms with Gasteiger partial charge in [0.05, 0.1) is 30.9 Å². The molecular weight excluding hydrogens is 465 g/mol. The van der Waals surface area contributed by atoms with Gasteiger partial charge in [0.2, 0.25) is 5.91 Å². The van der Waals surface area contributed by atoms with Crippen molar-refractivity contribution in [2.45, 2.75) is 18.5 Å². The molecule has 1 aliphatic heterocycles. The van der Waals surface area contributed by atoms with E-state index in [4.69, 9.17) is 4.74 Å². The number of halogens is 1. The second-order valence-corrected chi connectivity index (χ2v) is 8.56. The minimum Gasteiger partial charge on any atom is -0.494 e. The van der Waals surface area contributed by atoms with E-state index >= 15 is 0 Å². The Hall–Kier alpha value is -4.54. The highest BCUT2D eigenvalue weighted by Gasteiger charge is 2.23. The topological polar surface area (TPSA) is 123 Å². The van der Waals surface area contributed by atoms with Crippen LogP contribution in [0, 0.1) is 5.82 Å². The van der Waals surface area contributed by atoms with Crippen molar-refractivity contribution >= 4 is 28.5 Å². The van der Waals surface area contributed by atoms with Crippen molar-refractivity contribution in [2.24, 2.45) is 7.05 Å². The number of carbonyl (C=O) groups excluding carboxylic acids is 2. The fraction of sp³-hybridized carbons (Fsp3) is 0.240. The molecule has 2 atom stereocenters. The summed E-state index contributed by atoms with van der Waals surface area (Å²) in [7, 11) is 3.16. The predicted molar refractivity (Wildman–Crippen MR) is 130 cm³/mol. The van der Waals surface area contributed by atoms with Crippen LogP contribution in [0.1, 0.15) is 34.1 Å². The van der Waals surface area contributed by atoms with Gasteiger partial charge in [0.1, 0.15) is 11.5 Å². The van der Waals surface area contributed by atoms with Crippen LogP contribution < -0.4 is 20.7 Å². The number of hydrogen-bond acceptors (Lipinski definition) is 7. The third-order valence-electron chi connectivity index (χ3n) is 5.98. The highest BCUT2D eigenvalue weighted by atomic mass is 19.1. The maximum atomic E-state index is 14.5. The molecule has 0 aliphatic carbocycles. The SMILES string of the molecule is COc1ccc(C(NC(=O)c2ccc3cnc(NC4CNC(=O)C4)cc3n2)c2cnn(C)c2)cc1F. The number of hydrogen-bond donors (Lipinski definition) is 3. The minimum atomic E-state index is -0.661. The van der Waals surface area contributed by atoms with Gasteiger partial charge in [-0.05, 0) is 29.8 Å². The molecule has 3 aromatic heterocycles. The first-order chi connectivity index (χ1) is 17.4. The first kappa shape index (κ1) is 23.2. The Kier molecular flexibility index (Phi) is 6.19. The molecule has 0 spiro atoms. The van der Waals surface area contributed by atoms with Gasteiger partial charge in [0.15, 0.2) is 11.6 Å². The number of benzene rings is 1. The first-order valence-corrected chi connectivity index (χ1v) is 11.3. The number of amides is 2. The largest absolute Gasteiger partial charge is 0.494 e. The van der Waals surface area contributed by atoms with Crippen LogP contribution in [0.5, 0.6) is 5.75 Å². The van der Waals surface area contributed by atoms with Crippen LogP contribution in [0.4, 0.5) is 10.2 Å². The molecule has 4 aromatic rings. The average molecular weight is 490 g/mol. The summed E-state index contributed by atoms with van der Waals surface area (Å²) >= 11 is 0. The molecule has 36 heavy (non-hydrogen) atoms. The van der Waals surface area contributed by atoms with Gasteiger partial charge >= 0.3 is 0 Å². The van der Waals surface area contributed by atoms with E-state index in [9.17, 15) is 14.0 Å². The Morgan fingerprint density at radius 1 is 1.22 bits per heavy atom. The normalized spacial score (nSPS) is 16.0. The molecule has 2 amide bonds. The number of methoxy groups -OCH3 is 1. The maximum Gasteiger partial charge on any atom is 0.270 e. The molecule has 1 saturated heterocycles. The second-order valence-electron chi connectivity index (χ2n) is 8.56. The number of pyridine rings is 2. The molecule has 10 nitrogen and oxygen atoms in total. The van der Waals surface area contributed by atoms with Crippen LogP contribution in [0.15, 0.2) is 55.0 Å². The molecule has 184 valence electrons. The van der Waals surface area contributed by atoms with E-state index in [0.717, 1.165) is 5.39 Å². The molecule has 1 aromatic carbocycles. The van der Waals surface area contributed by atoms with Gasteiger partial charge in [0.25, 0.3) is 5.91 Å². The highest BCUT2D eigenvalue weighted by Crippen LogP contribution is 2.27. The van der Waals surface area contributed by atoms with Gasteiger partial charge in [-0.2, -0.15) is 5.10 Å². The van der Waals surface area contributed by atoms with Crippen molar-refractivity contribution in [3.8, 4) is 5.75 Å². The lowest BCUT2D eigenvalue weighted by Crippen LogP contribution is -2.30. The van der Waals surface area contributed by atoms with Crippen LogP contribution in [-0.4, -0.2) is 51.3 Å². The number of carbonyl (C=O) groups is 2. The number of nitrogens with one attached hydrogen (secondary N) is 3. The summed E-state index contributed by atoms with van der Waals surface area (Å²) in [4.78, 5) is 33.6. The molecule has 2 unspecified atom stereocenters. The molecule has 3 N–H and O–H groups in total.